The summed E-state index contributed by atoms with van der Waals surface area (Å²) in [6, 6.07) is 13.3. The van der Waals surface area contributed by atoms with Crippen LogP contribution in [0.5, 0.6) is 0 Å². The second-order valence-electron chi connectivity index (χ2n) is 4.70. The lowest BCUT2D eigenvalue weighted by molar-refractivity contribution is 0.0467. The van der Waals surface area contributed by atoms with Crippen molar-refractivity contribution in [1.82, 2.24) is 9.97 Å². The van der Waals surface area contributed by atoms with E-state index in [1.54, 1.807) is 12.3 Å². The van der Waals surface area contributed by atoms with Crippen LogP contribution in [0.4, 0.5) is 0 Å². The maximum absolute atomic E-state index is 12.0. The van der Waals surface area contributed by atoms with E-state index in [4.69, 9.17) is 4.74 Å². The Bertz CT molecular complexity index is 748. The first-order valence-electron chi connectivity index (χ1n) is 7.39. The highest BCUT2D eigenvalue weighted by Gasteiger charge is 2.11. The van der Waals surface area contributed by atoms with Crippen LogP contribution in [0.15, 0.2) is 48.7 Å². The van der Waals surface area contributed by atoms with Gasteiger partial charge in [0.1, 0.15) is 17.9 Å². The van der Waals surface area contributed by atoms with Gasteiger partial charge in [-0.3, -0.25) is 0 Å². The highest BCUT2D eigenvalue weighted by molar-refractivity contribution is 5.93. The van der Waals surface area contributed by atoms with Gasteiger partial charge in [-0.2, -0.15) is 0 Å². The molecule has 0 aliphatic rings. The van der Waals surface area contributed by atoms with Gasteiger partial charge in [-0.05, 0) is 30.2 Å². The highest BCUT2D eigenvalue weighted by atomic mass is 16.5. The molecule has 4 heteroatoms. The van der Waals surface area contributed by atoms with Crippen molar-refractivity contribution in [3.05, 3.63) is 65.5 Å². The SMILES string of the molecule is CC.Cc1cnc2[nH]c(C(=O)OCc3ccccc3)cc2c1. The van der Waals surface area contributed by atoms with Crippen molar-refractivity contribution in [1.29, 1.82) is 0 Å². The molecule has 0 saturated heterocycles. The number of ether oxygens (including phenoxy) is 1. The second kappa shape index (κ2) is 7.41. The van der Waals surface area contributed by atoms with E-state index in [1.807, 2.05) is 57.2 Å². The van der Waals surface area contributed by atoms with Crippen molar-refractivity contribution in [2.45, 2.75) is 27.4 Å². The predicted molar refractivity (Wildman–Crippen MR) is 87.7 cm³/mol. The zero-order valence-corrected chi connectivity index (χ0v) is 13.1. The van der Waals surface area contributed by atoms with Gasteiger partial charge < -0.3 is 9.72 Å². The lowest BCUT2D eigenvalue weighted by Gasteiger charge is -2.02. The number of hydrogen-bond donors (Lipinski definition) is 1. The van der Waals surface area contributed by atoms with Gasteiger partial charge >= 0.3 is 5.97 Å². The topological polar surface area (TPSA) is 55.0 Å². The summed E-state index contributed by atoms with van der Waals surface area (Å²) >= 11 is 0. The first kappa shape index (κ1) is 15.8. The van der Waals surface area contributed by atoms with E-state index in [2.05, 4.69) is 9.97 Å². The van der Waals surface area contributed by atoms with Crippen LogP contribution in [0.2, 0.25) is 0 Å². The molecule has 4 nitrogen and oxygen atoms in total. The number of benzene rings is 1. The van der Waals surface area contributed by atoms with Gasteiger partial charge in [-0.1, -0.05) is 44.2 Å². The van der Waals surface area contributed by atoms with Crippen LogP contribution < -0.4 is 0 Å². The van der Waals surface area contributed by atoms with Crippen molar-refractivity contribution >= 4 is 17.0 Å². The van der Waals surface area contributed by atoms with Gasteiger partial charge in [-0.15, -0.1) is 0 Å². The van der Waals surface area contributed by atoms with Crippen molar-refractivity contribution in [2.24, 2.45) is 0 Å². The summed E-state index contributed by atoms with van der Waals surface area (Å²) in [4.78, 5) is 19.2. The van der Waals surface area contributed by atoms with Gasteiger partial charge in [-0.25, -0.2) is 9.78 Å². The van der Waals surface area contributed by atoms with Crippen LogP contribution in [-0.2, 0) is 11.3 Å². The number of carbonyl (C=O) groups excluding carboxylic acids is 1. The smallest absolute Gasteiger partial charge is 0.355 e. The first-order valence-corrected chi connectivity index (χ1v) is 7.39. The van der Waals surface area contributed by atoms with E-state index < -0.39 is 0 Å². The largest absolute Gasteiger partial charge is 0.456 e. The third-order valence-corrected chi connectivity index (χ3v) is 3.04. The molecule has 0 fully saturated rings. The molecule has 2 aromatic heterocycles. The molecule has 2 heterocycles. The molecule has 0 bridgehead atoms. The standard InChI is InChI=1S/C16H14N2O2.C2H6/c1-11-7-13-8-14(18-15(13)17-9-11)16(19)20-10-12-5-3-2-4-6-12;1-2/h2-9H,10H2,1H3,(H,17,18);1-2H3. The molecule has 1 aromatic carbocycles. The number of aromatic amines is 1. The number of H-pyrrole nitrogens is 1. The number of nitrogens with one attached hydrogen (secondary N) is 1. The maximum Gasteiger partial charge on any atom is 0.355 e. The Balaban J connectivity index is 0.000000847. The Labute approximate surface area is 130 Å². The highest BCUT2D eigenvalue weighted by Crippen LogP contribution is 2.15. The van der Waals surface area contributed by atoms with Crippen LogP contribution in [0.1, 0.15) is 35.5 Å². The van der Waals surface area contributed by atoms with E-state index in [-0.39, 0.29) is 12.6 Å². The number of pyridine rings is 1. The zero-order valence-electron chi connectivity index (χ0n) is 13.1. The van der Waals surface area contributed by atoms with E-state index in [0.717, 1.165) is 16.5 Å². The minimum absolute atomic E-state index is 0.265. The zero-order chi connectivity index (χ0) is 15.9. The molecule has 0 aliphatic heterocycles. The summed E-state index contributed by atoms with van der Waals surface area (Å²) in [5, 5.41) is 0.914. The molecule has 0 amide bonds. The van der Waals surface area contributed by atoms with Gasteiger partial charge in [0, 0.05) is 11.6 Å². The summed E-state index contributed by atoms with van der Waals surface area (Å²) in [6.45, 7) is 6.23. The van der Waals surface area contributed by atoms with Crippen molar-refractivity contribution < 1.29 is 9.53 Å². The van der Waals surface area contributed by atoms with Crippen LogP contribution in [0.3, 0.4) is 0 Å². The molecule has 0 aliphatic carbocycles. The number of fused-ring (bicyclic) bond motifs is 1. The van der Waals surface area contributed by atoms with Crippen LogP contribution >= 0.6 is 0 Å². The molecule has 3 rings (SSSR count). The van der Waals surface area contributed by atoms with Gasteiger partial charge in [0.15, 0.2) is 0 Å². The molecule has 0 radical (unpaired) electrons. The number of hydrogen-bond acceptors (Lipinski definition) is 3. The van der Waals surface area contributed by atoms with E-state index >= 15 is 0 Å². The maximum atomic E-state index is 12.0. The Hall–Kier alpha value is -2.62. The number of carbonyl (C=O) groups is 1. The number of aryl methyl sites for hydroxylation is 1. The number of rotatable bonds is 3. The molecule has 0 spiro atoms. The monoisotopic (exact) mass is 296 g/mol. The van der Waals surface area contributed by atoms with E-state index in [1.165, 1.54) is 0 Å². The van der Waals surface area contributed by atoms with E-state index in [0.29, 0.717) is 11.3 Å². The average molecular weight is 296 g/mol. The lowest BCUT2D eigenvalue weighted by Crippen LogP contribution is -2.05. The third kappa shape index (κ3) is 3.73. The number of aromatic nitrogens is 2. The van der Waals surface area contributed by atoms with Crippen molar-refractivity contribution in [3.8, 4) is 0 Å². The molecule has 1 N–H and O–H groups in total. The Morgan fingerprint density at radius 2 is 1.91 bits per heavy atom. The first-order chi connectivity index (χ1) is 10.7. The fourth-order valence-corrected chi connectivity index (χ4v) is 2.04. The van der Waals surface area contributed by atoms with Crippen LogP contribution in [-0.4, -0.2) is 15.9 Å². The van der Waals surface area contributed by atoms with Crippen LogP contribution in [0.25, 0.3) is 11.0 Å². The van der Waals surface area contributed by atoms with Crippen molar-refractivity contribution in [3.63, 3.8) is 0 Å². The molecule has 0 atom stereocenters. The fraction of sp³-hybridized carbons (Fsp3) is 0.222. The van der Waals surface area contributed by atoms with Gasteiger partial charge in [0.05, 0.1) is 0 Å². The Morgan fingerprint density at radius 1 is 1.18 bits per heavy atom. The average Bonchev–Trinajstić information content (AvgIpc) is 2.98. The summed E-state index contributed by atoms with van der Waals surface area (Å²) in [5.41, 5.74) is 3.14. The molecular formula is C18H20N2O2. The summed E-state index contributed by atoms with van der Waals surface area (Å²) in [5.74, 6) is -0.371. The number of nitrogens with zero attached hydrogens (tertiary/aromatic N) is 1. The minimum Gasteiger partial charge on any atom is -0.456 e. The molecule has 0 unspecified atom stereocenters. The fourth-order valence-electron chi connectivity index (χ4n) is 2.04. The lowest BCUT2D eigenvalue weighted by atomic mass is 10.2. The Morgan fingerprint density at radius 3 is 2.64 bits per heavy atom. The van der Waals surface area contributed by atoms with Gasteiger partial charge in [0.2, 0.25) is 0 Å². The summed E-state index contributed by atoms with van der Waals surface area (Å²) < 4.78 is 5.28. The predicted octanol–water partition coefficient (Wildman–Crippen LogP) is 4.25. The number of esters is 1. The van der Waals surface area contributed by atoms with Crippen molar-refractivity contribution in [2.75, 3.05) is 0 Å². The Kier molecular flexibility index (Phi) is 5.31. The molecule has 114 valence electrons. The molecule has 3 aromatic rings. The molecule has 22 heavy (non-hydrogen) atoms. The molecular weight excluding hydrogens is 276 g/mol. The van der Waals surface area contributed by atoms with Crippen LogP contribution in [0, 0.1) is 6.92 Å². The summed E-state index contributed by atoms with van der Waals surface area (Å²) in [6.07, 6.45) is 1.76. The molecule has 0 saturated carbocycles. The minimum atomic E-state index is -0.371. The second-order valence-corrected chi connectivity index (χ2v) is 4.70. The third-order valence-electron chi connectivity index (χ3n) is 3.04. The van der Waals surface area contributed by atoms with E-state index in [9.17, 15) is 4.79 Å². The van der Waals surface area contributed by atoms with Gasteiger partial charge in [0.25, 0.3) is 0 Å². The normalized spacial score (nSPS) is 9.95. The quantitative estimate of drug-likeness (QED) is 0.735. The summed E-state index contributed by atoms with van der Waals surface area (Å²) in [7, 11) is 0.